The predicted molar refractivity (Wildman–Crippen MR) is 90.2 cm³/mol. The molecule has 3 atom stereocenters. The molecular weight excluding hydrogens is 294 g/mol. The van der Waals surface area contributed by atoms with Gasteiger partial charge in [-0.2, -0.15) is 0 Å². The Hall–Kier alpha value is -1.26. The van der Waals surface area contributed by atoms with E-state index in [1.807, 2.05) is 6.92 Å². The summed E-state index contributed by atoms with van der Waals surface area (Å²) in [6.45, 7) is 9.54. The molecule has 23 heavy (non-hydrogen) atoms. The lowest BCUT2D eigenvalue weighted by atomic mass is 9.91. The van der Waals surface area contributed by atoms with Gasteiger partial charge in [0.05, 0.1) is 0 Å². The van der Waals surface area contributed by atoms with Crippen LogP contribution in [0, 0.1) is 5.92 Å². The average Bonchev–Trinajstić information content (AvgIpc) is 2.47. The zero-order valence-corrected chi connectivity index (χ0v) is 15.3. The first-order chi connectivity index (χ1) is 10.7. The minimum Gasteiger partial charge on any atom is -0.461 e. The summed E-state index contributed by atoms with van der Waals surface area (Å²) in [4.78, 5) is 24.3. The molecule has 0 aromatic heterocycles. The van der Waals surface area contributed by atoms with E-state index in [2.05, 4.69) is 12.2 Å². The SMILES string of the molecule is CCCC[C@@H]1CCCC[C@H](NC(=O)OC(C)(C)C)C(=O)O[C@H]1C. The topological polar surface area (TPSA) is 64.6 Å². The van der Waals surface area contributed by atoms with E-state index < -0.39 is 17.7 Å². The van der Waals surface area contributed by atoms with Crippen molar-refractivity contribution in [2.45, 2.75) is 97.3 Å². The van der Waals surface area contributed by atoms with Gasteiger partial charge in [0.2, 0.25) is 0 Å². The highest BCUT2D eigenvalue weighted by atomic mass is 16.6. The highest BCUT2D eigenvalue weighted by Crippen LogP contribution is 2.25. The molecule has 0 radical (unpaired) electrons. The van der Waals surface area contributed by atoms with Crippen molar-refractivity contribution >= 4 is 12.1 Å². The Kier molecular flexibility index (Phi) is 7.86. The van der Waals surface area contributed by atoms with E-state index in [-0.39, 0.29) is 12.1 Å². The summed E-state index contributed by atoms with van der Waals surface area (Å²) in [6.07, 6.45) is 6.39. The molecule has 1 N–H and O–H groups in total. The van der Waals surface area contributed by atoms with E-state index in [4.69, 9.17) is 9.47 Å². The van der Waals surface area contributed by atoms with Crippen molar-refractivity contribution < 1.29 is 19.1 Å². The largest absolute Gasteiger partial charge is 0.461 e. The lowest BCUT2D eigenvalue weighted by Crippen LogP contribution is -2.45. The van der Waals surface area contributed by atoms with Gasteiger partial charge < -0.3 is 14.8 Å². The Bertz CT molecular complexity index is 389. The molecule has 0 aromatic carbocycles. The molecule has 1 heterocycles. The molecule has 5 nitrogen and oxygen atoms in total. The molecule has 0 aliphatic carbocycles. The first kappa shape index (κ1) is 19.8. The van der Waals surface area contributed by atoms with Crippen molar-refractivity contribution in [1.82, 2.24) is 5.32 Å². The molecule has 0 saturated carbocycles. The van der Waals surface area contributed by atoms with Crippen LogP contribution < -0.4 is 5.32 Å². The van der Waals surface area contributed by atoms with Crippen LogP contribution in [0.25, 0.3) is 0 Å². The van der Waals surface area contributed by atoms with Crippen molar-refractivity contribution in [3.63, 3.8) is 0 Å². The van der Waals surface area contributed by atoms with Crippen molar-refractivity contribution in [2.75, 3.05) is 0 Å². The van der Waals surface area contributed by atoms with E-state index >= 15 is 0 Å². The average molecular weight is 327 g/mol. The summed E-state index contributed by atoms with van der Waals surface area (Å²) in [6, 6.07) is -0.614. The van der Waals surface area contributed by atoms with Crippen molar-refractivity contribution in [1.29, 1.82) is 0 Å². The quantitative estimate of drug-likeness (QED) is 0.786. The minimum absolute atomic E-state index is 0.102. The summed E-state index contributed by atoms with van der Waals surface area (Å²) in [7, 11) is 0. The number of alkyl carbamates (subject to hydrolysis) is 1. The van der Waals surface area contributed by atoms with Gasteiger partial charge in [0.25, 0.3) is 0 Å². The van der Waals surface area contributed by atoms with Crippen LogP contribution in [0.5, 0.6) is 0 Å². The smallest absolute Gasteiger partial charge is 0.408 e. The molecule has 1 rings (SSSR count). The lowest BCUT2D eigenvalue weighted by molar-refractivity contribution is -0.153. The third-order valence-electron chi connectivity index (χ3n) is 4.19. The van der Waals surface area contributed by atoms with E-state index in [0.717, 1.165) is 38.5 Å². The number of carbonyl (C=O) groups is 2. The summed E-state index contributed by atoms with van der Waals surface area (Å²) in [5, 5.41) is 2.66. The summed E-state index contributed by atoms with van der Waals surface area (Å²) in [5.41, 5.74) is -0.578. The van der Waals surface area contributed by atoms with Crippen LogP contribution in [0.1, 0.15) is 79.6 Å². The molecule has 1 aliphatic heterocycles. The van der Waals surface area contributed by atoms with E-state index in [1.54, 1.807) is 20.8 Å². The number of carbonyl (C=O) groups excluding carboxylic acids is 2. The maximum absolute atomic E-state index is 12.4. The number of ether oxygens (including phenoxy) is 2. The van der Waals surface area contributed by atoms with Crippen LogP contribution in [-0.2, 0) is 14.3 Å². The molecule has 1 aliphatic rings. The second-order valence-corrected chi connectivity index (χ2v) is 7.53. The second-order valence-electron chi connectivity index (χ2n) is 7.53. The van der Waals surface area contributed by atoms with E-state index in [1.165, 1.54) is 0 Å². The van der Waals surface area contributed by atoms with Gasteiger partial charge in [0.1, 0.15) is 17.7 Å². The molecule has 0 unspecified atom stereocenters. The number of unbranched alkanes of at least 4 members (excludes halogenated alkanes) is 1. The van der Waals surface area contributed by atoms with Gasteiger partial charge in [-0.25, -0.2) is 9.59 Å². The number of hydrogen-bond donors (Lipinski definition) is 1. The fourth-order valence-corrected chi connectivity index (χ4v) is 2.90. The first-order valence-corrected chi connectivity index (χ1v) is 8.93. The van der Waals surface area contributed by atoms with Crippen molar-refractivity contribution in [3.8, 4) is 0 Å². The Morgan fingerprint density at radius 1 is 1.30 bits per heavy atom. The molecule has 0 bridgehead atoms. The molecule has 1 saturated heterocycles. The Morgan fingerprint density at radius 3 is 2.57 bits per heavy atom. The zero-order chi connectivity index (χ0) is 17.5. The predicted octanol–water partition coefficient (Wildman–Crippen LogP) is 4.19. The van der Waals surface area contributed by atoms with Crippen LogP contribution >= 0.6 is 0 Å². The van der Waals surface area contributed by atoms with Gasteiger partial charge in [0.15, 0.2) is 0 Å². The van der Waals surface area contributed by atoms with Gasteiger partial charge in [0, 0.05) is 0 Å². The maximum Gasteiger partial charge on any atom is 0.408 e. The van der Waals surface area contributed by atoms with Crippen molar-refractivity contribution in [3.05, 3.63) is 0 Å². The molecule has 5 heteroatoms. The highest BCUT2D eigenvalue weighted by Gasteiger charge is 2.30. The van der Waals surface area contributed by atoms with E-state index in [0.29, 0.717) is 12.3 Å². The van der Waals surface area contributed by atoms with Crippen LogP contribution in [0.15, 0.2) is 0 Å². The standard InChI is InChI=1S/C18H33NO4/c1-6-7-10-14-11-8-9-12-15(16(20)22-13(14)2)19-17(21)23-18(3,4)5/h13-15H,6-12H2,1-5H3,(H,19,21)/t13-,14+,15-/m0/s1. The highest BCUT2D eigenvalue weighted by molar-refractivity contribution is 5.81. The summed E-state index contributed by atoms with van der Waals surface area (Å²) >= 11 is 0. The lowest BCUT2D eigenvalue weighted by Gasteiger charge is -2.25. The minimum atomic E-state index is -0.614. The Labute approximate surface area is 140 Å². The number of esters is 1. The molecule has 1 fully saturated rings. The number of hydrogen-bond acceptors (Lipinski definition) is 4. The molecule has 0 spiro atoms. The van der Waals surface area contributed by atoms with Crippen LogP contribution in [0.2, 0.25) is 0 Å². The van der Waals surface area contributed by atoms with Crippen molar-refractivity contribution in [2.24, 2.45) is 5.92 Å². The third-order valence-corrected chi connectivity index (χ3v) is 4.19. The van der Waals surface area contributed by atoms with E-state index in [9.17, 15) is 9.59 Å². The first-order valence-electron chi connectivity index (χ1n) is 8.93. The second kappa shape index (κ2) is 9.14. The van der Waals surface area contributed by atoms with Gasteiger partial charge >= 0.3 is 12.1 Å². The van der Waals surface area contributed by atoms with Crippen LogP contribution in [-0.4, -0.2) is 29.8 Å². The van der Waals surface area contributed by atoms with Crippen LogP contribution in [0.3, 0.4) is 0 Å². The maximum atomic E-state index is 12.4. The molecule has 0 aromatic rings. The number of cyclic esters (lactones) is 1. The van der Waals surface area contributed by atoms with Crippen LogP contribution in [0.4, 0.5) is 4.79 Å². The number of nitrogens with one attached hydrogen (secondary N) is 1. The Morgan fingerprint density at radius 2 is 1.96 bits per heavy atom. The molecule has 1 amide bonds. The van der Waals surface area contributed by atoms with Gasteiger partial charge in [-0.15, -0.1) is 0 Å². The van der Waals surface area contributed by atoms with Gasteiger partial charge in [-0.05, 0) is 52.9 Å². The normalized spacial score (nSPS) is 26.5. The van der Waals surface area contributed by atoms with Gasteiger partial charge in [-0.3, -0.25) is 0 Å². The zero-order valence-electron chi connectivity index (χ0n) is 15.3. The molecular formula is C18H33NO4. The monoisotopic (exact) mass is 327 g/mol. The number of rotatable bonds is 4. The Balaban J connectivity index is 2.63. The summed E-state index contributed by atoms with van der Waals surface area (Å²) in [5.74, 6) is 0.0749. The third kappa shape index (κ3) is 7.71. The fraction of sp³-hybridized carbons (Fsp3) is 0.889. The summed E-state index contributed by atoms with van der Waals surface area (Å²) < 4.78 is 10.9. The number of amides is 1. The van der Waals surface area contributed by atoms with Gasteiger partial charge in [-0.1, -0.05) is 32.6 Å². The molecule has 134 valence electrons. The fourth-order valence-electron chi connectivity index (χ4n) is 2.90.